The van der Waals surface area contributed by atoms with Crippen LogP contribution in [0.5, 0.6) is 0 Å². The molecule has 2 rings (SSSR count). The van der Waals surface area contributed by atoms with E-state index in [1.807, 2.05) is 6.07 Å². The van der Waals surface area contributed by atoms with E-state index in [4.69, 9.17) is 11.6 Å². The minimum atomic E-state index is -0.424. The highest BCUT2D eigenvalue weighted by atomic mass is 35.5. The largest absolute Gasteiger partial charge is 0.299 e. The van der Waals surface area contributed by atoms with Crippen LogP contribution >= 0.6 is 11.6 Å². The third-order valence-corrected chi connectivity index (χ3v) is 4.16. The molecule has 4 nitrogen and oxygen atoms in total. The van der Waals surface area contributed by atoms with Gasteiger partial charge in [-0.05, 0) is 31.5 Å². The fourth-order valence-electron chi connectivity index (χ4n) is 2.74. The number of halogens is 1. The summed E-state index contributed by atoms with van der Waals surface area (Å²) in [4.78, 5) is 12.7. The summed E-state index contributed by atoms with van der Waals surface area (Å²) in [5.74, 6) is 0. The van der Waals surface area contributed by atoms with Gasteiger partial charge < -0.3 is 0 Å². The quantitative estimate of drug-likeness (QED) is 0.619. The van der Waals surface area contributed by atoms with Gasteiger partial charge >= 0.3 is 0 Å². The summed E-state index contributed by atoms with van der Waals surface area (Å²) in [5, 5.41) is 11.1. The molecule has 1 aromatic rings. The molecule has 0 spiro atoms. The standard InChI is InChI=1S/C14H19ClN2O2/c1-16(12-5-3-2-4-6-12)10-11-7-8-13(15)14(9-11)17(18)19/h7-9,12H,2-6,10H2,1H3. The van der Waals surface area contributed by atoms with Crippen molar-refractivity contribution in [2.24, 2.45) is 0 Å². The van der Waals surface area contributed by atoms with Crippen LogP contribution in [0.25, 0.3) is 0 Å². The van der Waals surface area contributed by atoms with Crippen molar-refractivity contribution in [3.8, 4) is 0 Å². The van der Waals surface area contributed by atoms with Gasteiger partial charge in [0.05, 0.1) is 4.92 Å². The van der Waals surface area contributed by atoms with E-state index in [2.05, 4.69) is 11.9 Å². The molecule has 0 aromatic heterocycles. The van der Waals surface area contributed by atoms with Crippen molar-refractivity contribution in [3.63, 3.8) is 0 Å². The molecule has 1 aliphatic carbocycles. The lowest BCUT2D eigenvalue weighted by Gasteiger charge is -2.31. The number of nitro benzene ring substituents is 1. The van der Waals surface area contributed by atoms with Gasteiger partial charge in [-0.1, -0.05) is 36.9 Å². The lowest BCUT2D eigenvalue weighted by atomic mass is 9.94. The molecule has 0 heterocycles. The highest BCUT2D eigenvalue weighted by Gasteiger charge is 2.19. The second-order valence-corrected chi connectivity index (χ2v) is 5.66. The van der Waals surface area contributed by atoms with Crippen molar-refractivity contribution < 1.29 is 4.92 Å². The zero-order valence-electron chi connectivity index (χ0n) is 11.1. The highest BCUT2D eigenvalue weighted by Crippen LogP contribution is 2.27. The number of benzene rings is 1. The predicted octanol–water partition coefficient (Wildman–Crippen LogP) is 4.01. The number of nitro groups is 1. The molecule has 1 aromatic carbocycles. The third-order valence-electron chi connectivity index (χ3n) is 3.84. The van der Waals surface area contributed by atoms with E-state index in [0.717, 1.165) is 12.1 Å². The first-order chi connectivity index (χ1) is 9.08. The van der Waals surface area contributed by atoms with Crippen molar-refractivity contribution in [1.82, 2.24) is 4.90 Å². The second kappa shape index (κ2) is 6.35. The maximum atomic E-state index is 10.9. The average Bonchev–Trinajstić information content (AvgIpc) is 2.41. The number of hydrogen-bond donors (Lipinski definition) is 0. The summed E-state index contributed by atoms with van der Waals surface area (Å²) in [6.07, 6.45) is 6.36. The Morgan fingerprint density at radius 2 is 2.05 bits per heavy atom. The summed E-state index contributed by atoms with van der Waals surface area (Å²) in [6, 6.07) is 5.67. The Balaban J connectivity index is 2.05. The third kappa shape index (κ3) is 3.67. The molecule has 104 valence electrons. The first-order valence-corrected chi connectivity index (χ1v) is 7.09. The van der Waals surface area contributed by atoms with E-state index in [0.29, 0.717) is 6.04 Å². The van der Waals surface area contributed by atoms with Crippen LogP contribution in [0.1, 0.15) is 37.7 Å². The van der Waals surface area contributed by atoms with E-state index in [1.54, 1.807) is 12.1 Å². The Hall–Kier alpha value is -1.13. The molecular weight excluding hydrogens is 264 g/mol. The molecule has 0 bridgehead atoms. The van der Waals surface area contributed by atoms with Crippen LogP contribution < -0.4 is 0 Å². The fraction of sp³-hybridized carbons (Fsp3) is 0.571. The highest BCUT2D eigenvalue weighted by molar-refractivity contribution is 6.32. The van der Waals surface area contributed by atoms with Gasteiger partial charge in [0.1, 0.15) is 5.02 Å². The molecule has 0 aliphatic heterocycles. The number of rotatable bonds is 4. The van der Waals surface area contributed by atoms with Crippen LogP contribution in [0.3, 0.4) is 0 Å². The number of nitrogens with zero attached hydrogens (tertiary/aromatic N) is 2. The zero-order valence-corrected chi connectivity index (χ0v) is 11.9. The normalized spacial score (nSPS) is 16.8. The van der Waals surface area contributed by atoms with Gasteiger partial charge in [0.25, 0.3) is 5.69 Å². The van der Waals surface area contributed by atoms with Crippen molar-refractivity contribution in [1.29, 1.82) is 0 Å². The van der Waals surface area contributed by atoms with Gasteiger partial charge in [0, 0.05) is 18.7 Å². The summed E-state index contributed by atoms with van der Waals surface area (Å²) >= 11 is 5.82. The molecule has 0 N–H and O–H groups in total. The molecule has 1 saturated carbocycles. The molecule has 1 fully saturated rings. The molecule has 19 heavy (non-hydrogen) atoms. The molecule has 0 amide bonds. The summed E-state index contributed by atoms with van der Waals surface area (Å²) in [6.45, 7) is 0.739. The Bertz CT molecular complexity index is 459. The second-order valence-electron chi connectivity index (χ2n) is 5.25. The smallest absolute Gasteiger partial charge is 0.288 e. The van der Waals surface area contributed by atoms with Crippen LogP contribution in [0, 0.1) is 10.1 Å². The molecule has 0 unspecified atom stereocenters. The van der Waals surface area contributed by atoms with Crippen molar-refractivity contribution in [2.75, 3.05) is 7.05 Å². The van der Waals surface area contributed by atoms with Crippen molar-refractivity contribution in [3.05, 3.63) is 38.9 Å². The van der Waals surface area contributed by atoms with Gasteiger partial charge in [-0.15, -0.1) is 0 Å². The molecule has 0 saturated heterocycles. The number of hydrogen-bond acceptors (Lipinski definition) is 3. The monoisotopic (exact) mass is 282 g/mol. The van der Waals surface area contributed by atoms with Crippen LogP contribution in [0.15, 0.2) is 18.2 Å². The topological polar surface area (TPSA) is 46.4 Å². The molecule has 0 radical (unpaired) electrons. The van der Waals surface area contributed by atoms with E-state index in [1.165, 1.54) is 32.1 Å². The Morgan fingerprint density at radius 1 is 1.37 bits per heavy atom. The van der Waals surface area contributed by atoms with Gasteiger partial charge in [-0.3, -0.25) is 15.0 Å². The fourth-order valence-corrected chi connectivity index (χ4v) is 2.92. The van der Waals surface area contributed by atoms with Crippen LogP contribution in [0.4, 0.5) is 5.69 Å². The van der Waals surface area contributed by atoms with Crippen LogP contribution in [-0.2, 0) is 6.54 Å². The van der Waals surface area contributed by atoms with Gasteiger partial charge in [0.2, 0.25) is 0 Å². The lowest BCUT2D eigenvalue weighted by Crippen LogP contribution is -2.32. The zero-order chi connectivity index (χ0) is 13.8. The van der Waals surface area contributed by atoms with Gasteiger partial charge in [0.15, 0.2) is 0 Å². The van der Waals surface area contributed by atoms with Crippen LogP contribution in [-0.4, -0.2) is 22.9 Å². The molecular formula is C14H19ClN2O2. The molecule has 1 aliphatic rings. The average molecular weight is 283 g/mol. The Kier molecular flexibility index (Phi) is 4.77. The Labute approximate surface area is 118 Å². The van der Waals surface area contributed by atoms with Gasteiger partial charge in [-0.25, -0.2) is 0 Å². The molecule has 0 atom stereocenters. The first-order valence-electron chi connectivity index (χ1n) is 6.71. The summed E-state index contributed by atoms with van der Waals surface area (Å²) in [5.41, 5.74) is 0.945. The molecule has 5 heteroatoms. The maximum absolute atomic E-state index is 10.9. The summed E-state index contributed by atoms with van der Waals surface area (Å²) in [7, 11) is 2.09. The minimum Gasteiger partial charge on any atom is -0.299 e. The van der Waals surface area contributed by atoms with E-state index in [-0.39, 0.29) is 10.7 Å². The predicted molar refractivity (Wildman–Crippen MR) is 76.4 cm³/mol. The van der Waals surface area contributed by atoms with E-state index < -0.39 is 4.92 Å². The first kappa shape index (κ1) is 14.3. The lowest BCUT2D eigenvalue weighted by molar-refractivity contribution is -0.384. The van der Waals surface area contributed by atoms with E-state index in [9.17, 15) is 10.1 Å². The summed E-state index contributed by atoms with van der Waals surface area (Å²) < 4.78 is 0. The maximum Gasteiger partial charge on any atom is 0.288 e. The minimum absolute atomic E-state index is 0.00351. The van der Waals surface area contributed by atoms with Gasteiger partial charge in [-0.2, -0.15) is 0 Å². The Morgan fingerprint density at radius 3 is 2.68 bits per heavy atom. The van der Waals surface area contributed by atoms with Crippen molar-refractivity contribution >= 4 is 17.3 Å². The SMILES string of the molecule is CN(Cc1ccc(Cl)c([N+](=O)[O-])c1)C1CCCCC1. The van der Waals surface area contributed by atoms with Crippen molar-refractivity contribution in [2.45, 2.75) is 44.7 Å². The van der Waals surface area contributed by atoms with E-state index >= 15 is 0 Å². The van der Waals surface area contributed by atoms with Crippen LogP contribution in [0.2, 0.25) is 5.02 Å².